The molecule has 0 saturated carbocycles. The molecular weight excluding hydrogens is 430 g/mol. The third kappa shape index (κ3) is 5.39. The van der Waals surface area contributed by atoms with Gasteiger partial charge in [0.2, 0.25) is 0 Å². The normalized spacial score (nSPS) is 13.1. The molecule has 3 aromatic carbocycles. The van der Waals surface area contributed by atoms with E-state index >= 15 is 0 Å². The van der Waals surface area contributed by atoms with E-state index in [2.05, 4.69) is 31.3 Å². The number of carboxylic acid groups (broad SMARTS) is 1. The van der Waals surface area contributed by atoms with E-state index < -0.39 is 18.1 Å². The van der Waals surface area contributed by atoms with Crippen molar-refractivity contribution in [3.63, 3.8) is 0 Å². The maximum atomic E-state index is 12.6. The van der Waals surface area contributed by atoms with Crippen molar-refractivity contribution in [3.8, 4) is 16.9 Å². The molecule has 6 nitrogen and oxygen atoms in total. The van der Waals surface area contributed by atoms with E-state index in [1.807, 2.05) is 54.6 Å². The number of aliphatic carboxylic acids is 1. The number of hydrogen-bond acceptors (Lipinski definition) is 4. The number of carbonyl (C=O) groups excluding carboxylic acids is 1. The standard InChI is InChI=1S/C28H29NO5/c1-18(2)16-33-20-9-7-8-19(14-20)15-26(27(30)31)29-28(32)34-17-25-23-12-5-3-10-21(23)22-11-4-6-13-24(22)25/h3-14,18,25-26H,15-17H2,1-2H3,(H,29,32)(H,30,31). The summed E-state index contributed by atoms with van der Waals surface area (Å²) >= 11 is 0. The second-order valence-corrected chi connectivity index (χ2v) is 8.92. The molecule has 6 heteroatoms. The van der Waals surface area contributed by atoms with Gasteiger partial charge in [0.1, 0.15) is 18.4 Å². The molecule has 0 spiro atoms. The zero-order chi connectivity index (χ0) is 24.1. The molecule has 3 aromatic rings. The van der Waals surface area contributed by atoms with Gasteiger partial charge in [0.25, 0.3) is 0 Å². The average Bonchev–Trinajstić information content (AvgIpc) is 3.15. The summed E-state index contributed by atoms with van der Waals surface area (Å²) in [5, 5.41) is 12.2. The van der Waals surface area contributed by atoms with E-state index in [0.717, 1.165) is 27.8 Å². The summed E-state index contributed by atoms with van der Waals surface area (Å²) in [6, 6.07) is 22.3. The molecule has 2 N–H and O–H groups in total. The number of carbonyl (C=O) groups is 2. The Kier molecular flexibility index (Phi) is 7.16. The van der Waals surface area contributed by atoms with Crippen LogP contribution < -0.4 is 10.1 Å². The van der Waals surface area contributed by atoms with E-state index in [9.17, 15) is 14.7 Å². The quantitative estimate of drug-likeness (QED) is 0.456. The Bertz CT molecular complexity index is 1130. The molecule has 1 atom stereocenters. The zero-order valence-electron chi connectivity index (χ0n) is 19.4. The van der Waals surface area contributed by atoms with Crippen molar-refractivity contribution < 1.29 is 24.2 Å². The minimum Gasteiger partial charge on any atom is -0.493 e. The van der Waals surface area contributed by atoms with Crippen LogP contribution in [0.15, 0.2) is 72.8 Å². The fraction of sp³-hybridized carbons (Fsp3) is 0.286. The minimum absolute atomic E-state index is 0.0868. The van der Waals surface area contributed by atoms with Gasteiger partial charge in [-0.1, -0.05) is 74.5 Å². The van der Waals surface area contributed by atoms with Gasteiger partial charge in [-0.2, -0.15) is 0 Å². The monoisotopic (exact) mass is 459 g/mol. The second-order valence-electron chi connectivity index (χ2n) is 8.92. The molecule has 0 aromatic heterocycles. The van der Waals surface area contributed by atoms with Gasteiger partial charge in [-0.3, -0.25) is 0 Å². The molecular formula is C28H29NO5. The van der Waals surface area contributed by atoms with Crippen LogP contribution in [0.3, 0.4) is 0 Å². The lowest BCUT2D eigenvalue weighted by Crippen LogP contribution is -2.42. The van der Waals surface area contributed by atoms with E-state index in [4.69, 9.17) is 9.47 Å². The number of alkyl carbamates (subject to hydrolysis) is 1. The van der Waals surface area contributed by atoms with Crippen LogP contribution in [0.4, 0.5) is 4.79 Å². The molecule has 0 fully saturated rings. The van der Waals surface area contributed by atoms with E-state index in [-0.39, 0.29) is 18.9 Å². The number of rotatable bonds is 9. The SMILES string of the molecule is CC(C)COc1cccc(CC(NC(=O)OCC2c3ccccc3-c3ccccc32)C(=O)O)c1. The Morgan fingerprint density at radius 1 is 0.941 bits per heavy atom. The molecule has 1 unspecified atom stereocenters. The summed E-state index contributed by atoms with van der Waals surface area (Å²) in [5.74, 6) is -0.152. The molecule has 0 radical (unpaired) electrons. The highest BCUT2D eigenvalue weighted by Gasteiger charge is 2.29. The number of fused-ring (bicyclic) bond motifs is 3. The van der Waals surface area contributed by atoms with Crippen LogP contribution in [0.5, 0.6) is 5.75 Å². The smallest absolute Gasteiger partial charge is 0.407 e. The lowest BCUT2D eigenvalue weighted by Gasteiger charge is -2.18. The molecule has 1 aliphatic rings. The third-order valence-electron chi connectivity index (χ3n) is 5.86. The van der Waals surface area contributed by atoms with Crippen LogP contribution in [0.2, 0.25) is 0 Å². The van der Waals surface area contributed by atoms with Crippen molar-refractivity contribution >= 4 is 12.1 Å². The van der Waals surface area contributed by atoms with E-state index in [1.54, 1.807) is 6.07 Å². The van der Waals surface area contributed by atoms with Gasteiger partial charge in [0.15, 0.2) is 0 Å². The first-order valence-corrected chi connectivity index (χ1v) is 11.5. The minimum atomic E-state index is -1.12. The molecule has 1 aliphatic carbocycles. The van der Waals surface area contributed by atoms with Crippen LogP contribution in [-0.2, 0) is 16.0 Å². The number of ether oxygens (including phenoxy) is 2. The van der Waals surface area contributed by atoms with Gasteiger partial charge >= 0.3 is 12.1 Å². The largest absolute Gasteiger partial charge is 0.493 e. The summed E-state index contributed by atoms with van der Waals surface area (Å²) in [5.41, 5.74) is 5.23. The molecule has 0 saturated heterocycles. The van der Waals surface area contributed by atoms with Crippen molar-refractivity contribution in [2.75, 3.05) is 13.2 Å². The molecule has 34 heavy (non-hydrogen) atoms. The first-order chi connectivity index (χ1) is 16.4. The van der Waals surface area contributed by atoms with Crippen LogP contribution in [0, 0.1) is 5.92 Å². The van der Waals surface area contributed by atoms with Gasteiger partial charge in [0, 0.05) is 12.3 Å². The van der Waals surface area contributed by atoms with Crippen molar-refractivity contribution in [2.45, 2.75) is 32.2 Å². The number of benzene rings is 3. The Morgan fingerprint density at radius 3 is 2.21 bits per heavy atom. The van der Waals surface area contributed by atoms with Crippen LogP contribution in [0.1, 0.15) is 36.5 Å². The first-order valence-electron chi connectivity index (χ1n) is 11.5. The average molecular weight is 460 g/mol. The van der Waals surface area contributed by atoms with Crippen molar-refractivity contribution in [1.82, 2.24) is 5.32 Å². The van der Waals surface area contributed by atoms with Crippen molar-refractivity contribution in [3.05, 3.63) is 89.5 Å². The molecule has 176 valence electrons. The van der Waals surface area contributed by atoms with Crippen LogP contribution in [-0.4, -0.2) is 36.4 Å². The first kappa shape index (κ1) is 23.4. The highest BCUT2D eigenvalue weighted by atomic mass is 16.5. The summed E-state index contributed by atoms with van der Waals surface area (Å²) in [6.07, 6.45) is -0.625. The van der Waals surface area contributed by atoms with E-state index in [1.165, 1.54) is 0 Å². The van der Waals surface area contributed by atoms with Gasteiger partial charge in [-0.25, -0.2) is 9.59 Å². The predicted molar refractivity (Wildman–Crippen MR) is 130 cm³/mol. The Balaban J connectivity index is 1.39. The molecule has 0 bridgehead atoms. The van der Waals surface area contributed by atoms with Crippen LogP contribution in [0.25, 0.3) is 11.1 Å². The fourth-order valence-corrected chi connectivity index (χ4v) is 4.24. The Labute approximate surface area is 199 Å². The summed E-state index contributed by atoms with van der Waals surface area (Å²) in [4.78, 5) is 24.4. The molecule has 0 heterocycles. The lowest BCUT2D eigenvalue weighted by molar-refractivity contribution is -0.139. The lowest BCUT2D eigenvalue weighted by atomic mass is 9.98. The predicted octanol–water partition coefficient (Wildman–Crippen LogP) is 5.26. The summed E-state index contributed by atoms with van der Waals surface area (Å²) in [7, 11) is 0. The van der Waals surface area contributed by atoms with Crippen molar-refractivity contribution in [2.24, 2.45) is 5.92 Å². The highest BCUT2D eigenvalue weighted by Crippen LogP contribution is 2.44. The van der Waals surface area contributed by atoms with Gasteiger partial charge in [-0.05, 0) is 45.9 Å². The zero-order valence-corrected chi connectivity index (χ0v) is 19.4. The maximum Gasteiger partial charge on any atom is 0.407 e. The number of carboxylic acids is 1. The molecule has 4 rings (SSSR count). The Hall–Kier alpha value is -3.80. The van der Waals surface area contributed by atoms with E-state index in [0.29, 0.717) is 18.3 Å². The van der Waals surface area contributed by atoms with Crippen LogP contribution >= 0.6 is 0 Å². The van der Waals surface area contributed by atoms with Gasteiger partial charge in [0.05, 0.1) is 6.61 Å². The topological polar surface area (TPSA) is 84.9 Å². The van der Waals surface area contributed by atoms with Gasteiger partial charge < -0.3 is 19.9 Å². The Morgan fingerprint density at radius 2 is 1.59 bits per heavy atom. The molecule has 0 aliphatic heterocycles. The maximum absolute atomic E-state index is 12.6. The third-order valence-corrected chi connectivity index (χ3v) is 5.86. The second kappa shape index (κ2) is 10.4. The molecule has 1 amide bonds. The summed E-state index contributed by atoms with van der Waals surface area (Å²) in [6.45, 7) is 4.82. The highest BCUT2D eigenvalue weighted by molar-refractivity contribution is 5.81. The van der Waals surface area contributed by atoms with Gasteiger partial charge in [-0.15, -0.1) is 0 Å². The summed E-state index contributed by atoms with van der Waals surface area (Å²) < 4.78 is 11.2. The fourth-order valence-electron chi connectivity index (χ4n) is 4.24. The number of nitrogens with one attached hydrogen (secondary N) is 1. The van der Waals surface area contributed by atoms with Crippen molar-refractivity contribution in [1.29, 1.82) is 0 Å². The number of hydrogen-bond donors (Lipinski definition) is 2. The number of amides is 1.